The van der Waals surface area contributed by atoms with Gasteiger partial charge in [-0.25, -0.2) is 0 Å². The molecule has 2 heterocycles. The largest absolute Gasteiger partial charge is 0.317 e. The molecule has 2 rings (SSSR count). The van der Waals surface area contributed by atoms with Crippen molar-refractivity contribution in [1.82, 2.24) is 10.2 Å². The molecule has 0 aromatic carbocycles. The van der Waals surface area contributed by atoms with Gasteiger partial charge in [0.15, 0.2) is 0 Å². The molecule has 0 aromatic heterocycles. The summed E-state index contributed by atoms with van der Waals surface area (Å²) in [6.07, 6.45) is 9.84. The molecule has 0 radical (unpaired) electrons. The van der Waals surface area contributed by atoms with E-state index in [1.54, 1.807) is 0 Å². The maximum absolute atomic E-state index is 3.50. The minimum Gasteiger partial charge on any atom is -0.317 e. The first-order valence-corrected chi connectivity index (χ1v) is 6.83. The van der Waals surface area contributed by atoms with Crippen molar-refractivity contribution < 1.29 is 0 Å². The Morgan fingerprint density at radius 2 is 1.93 bits per heavy atom. The molecule has 1 spiro atoms. The zero-order chi connectivity index (χ0) is 10.6. The maximum Gasteiger partial charge on any atom is 0.0234 e. The van der Waals surface area contributed by atoms with Crippen LogP contribution < -0.4 is 5.32 Å². The highest BCUT2D eigenvalue weighted by molar-refractivity contribution is 4.98. The smallest absolute Gasteiger partial charge is 0.0234 e. The van der Waals surface area contributed by atoms with Gasteiger partial charge in [0.2, 0.25) is 0 Å². The molecule has 2 saturated heterocycles. The molecule has 0 unspecified atom stereocenters. The highest BCUT2D eigenvalue weighted by atomic mass is 15.2. The van der Waals surface area contributed by atoms with Gasteiger partial charge in [-0.2, -0.15) is 0 Å². The third-order valence-corrected chi connectivity index (χ3v) is 4.31. The Kier molecular flexibility index (Phi) is 4.04. The maximum atomic E-state index is 3.50. The Labute approximate surface area is 94.4 Å². The summed E-state index contributed by atoms with van der Waals surface area (Å²) < 4.78 is 0. The van der Waals surface area contributed by atoms with E-state index in [1.165, 1.54) is 71.1 Å². The topological polar surface area (TPSA) is 15.3 Å². The average molecular weight is 210 g/mol. The molecule has 0 amide bonds. The molecule has 1 N–H and O–H groups in total. The van der Waals surface area contributed by atoms with Gasteiger partial charge in [0.1, 0.15) is 0 Å². The van der Waals surface area contributed by atoms with Crippen LogP contribution in [0.2, 0.25) is 0 Å². The number of hydrogen-bond acceptors (Lipinski definition) is 2. The number of hydrogen-bond donors (Lipinski definition) is 1. The molecule has 2 aliphatic heterocycles. The molecule has 0 saturated carbocycles. The van der Waals surface area contributed by atoms with E-state index in [4.69, 9.17) is 0 Å². The molecule has 0 aromatic rings. The normalized spacial score (nSPS) is 26.2. The number of nitrogens with zero attached hydrogens (tertiary/aromatic N) is 1. The third-order valence-electron chi connectivity index (χ3n) is 4.31. The van der Waals surface area contributed by atoms with Gasteiger partial charge in [-0.05, 0) is 58.3 Å². The lowest BCUT2D eigenvalue weighted by Crippen LogP contribution is -2.51. The van der Waals surface area contributed by atoms with E-state index in [0.29, 0.717) is 5.54 Å². The quantitative estimate of drug-likeness (QED) is 0.717. The van der Waals surface area contributed by atoms with E-state index in [-0.39, 0.29) is 0 Å². The number of rotatable bonds is 4. The first-order chi connectivity index (χ1) is 7.37. The van der Waals surface area contributed by atoms with E-state index in [0.717, 1.165) is 0 Å². The van der Waals surface area contributed by atoms with E-state index in [2.05, 4.69) is 17.1 Å². The van der Waals surface area contributed by atoms with E-state index in [1.807, 2.05) is 0 Å². The Morgan fingerprint density at radius 1 is 1.13 bits per heavy atom. The third kappa shape index (κ3) is 2.54. The van der Waals surface area contributed by atoms with Crippen LogP contribution in [0.25, 0.3) is 0 Å². The fourth-order valence-electron chi connectivity index (χ4n) is 3.35. The van der Waals surface area contributed by atoms with Gasteiger partial charge in [-0.15, -0.1) is 0 Å². The number of likely N-dealkylation sites (tertiary alicyclic amines) is 1. The molecule has 15 heavy (non-hydrogen) atoms. The summed E-state index contributed by atoms with van der Waals surface area (Å²) >= 11 is 0. The number of nitrogens with one attached hydrogen (secondary N) is 1. The Hall–Kier alpha value is -0.0800. The molecule has 88 valence electrons. The minimum absolute atomic E-state index is 0.610. The molecule has 2 fully saturated rings. The Bertz CT molecular complexity index is 185. The van der Waals surface area contributed by atoms with Gasteiger partial charge in [0.05, 0.1) is 0 Å². The summed E-state index contributed by atoms with van der Waals surface area (Å²) in [7, 11) is 0. The fourth-order valence-corrected chi connectivity index (χ4v) is 3.35. The second kappa shape index (κ2) is 5.31. The lowest BCUT2D eigenvalue weighted by atomic mass is 9.85. The second-order valence-electron chi connectivity index (χ2n) is 5.27. The van der Waals surface area contributed by atoms with Gasteiger partial charge < -0.3 is 5.32 Å². The Morgan fingerprint density at radius 3 is 2.67 bits per heavy atom. The summed E-state index contributed by atoms with van der Waals surface area (Å²) in [6, 6.07) is 0. The Balaban J connectivity index is 1.85. The lowest BCUT2D eigenvalue weighted by molar-refractivity contribution is 0.0981. The molecule has 2 aliphatic rings. The van der Waals surface area contributed by atoms with E-state index < -0.39 is 0 Å². The molecular formula is C13H26N2. The zero-order valence-electron chi connectivity index (χ0n) is 10.2. The van der Waals surface area contributed by atoms with Crippen LogP contribution in [0.5, 0.6) is 0 Å². The van der Waals surface area contributed by atoms with Crippen molar-refractivity contribution in [3.63, 3.8) is 0 Å². The van der Waals surface area contributed by atoms with Crippen LogP contribution >= 0.6 is 0 Å². The van der Waals surface area contributed by atoms with Crippen molar-refractivity contribution >= 4 is 0 Å². The SMILES string of the molecule is CCCCCN1CCCC12CCNCC2. The van der Waals surface area contributed by atoms with Crippen LogP contribution in [0.1, 0.15) is 51.9 Å². The summed E-state index contributed by atoms with van der Waals surface area (Å²) in [5.74, 6) is 0. The van der Waals surface area contributed by atoms with Gasteiger partial charge >= 0.3 is 0 Å². The van der Waals surface area contributed by atoms with E-state index in [9.17, 15) is 0 Å². The van der Waals surface area contributed by atoms with Crippen molar-refractivity contribution in [2.24, 2.45) is 0 Å². The van der Waals surface area contributed by atoms with Crippen LogP contribution in [0, 0.1) is 0 Å². The molecular weight excluding hydrogens is 184 g/mol. The van der Waals surface area contributed by atoms with E-state index >= 15 is 0 Å². The predicted molar refractivity (Wildman–Crippen MR) is 65.2 cm³/mol. The van der Waals surface area contributed by atoms with Crippen molar-refractivity contribution in [2.75, 3.05) is 26.2 Å². The number of unbranched alkanes of at least 4 members (excludes halogenated alkanes) is 2. The average Bonchev–Trinajstić information content (AvgIpc) is 2.63. The van der Waals surface area contributed by atoms with Gasteiger partial charge in [-0.1, -0.05) is 19.8 Å². The first-order valence-electron chi connectivity index (χ1n) is 6.83. The van der Waals surface area contributed by atoms with Crippen molar-refractivity contribution in [3.05, 3.63) is 0 Å². The standard InChI is InChI=1S/C13H26N2/c1-2-3-4-11-15-12-5-6-13(15)7-9-14-10-8-13/h14H,2-12H2,1H3. The summed E-state index contributed by atoms with van der Waals surface area (Å²) in [6.45, 7) is 7.50. The molecule has 2 nitrogen and oxygen atoms in total. The highest BCUT2D eigenvalue weighted by Crippen LogP contribution is 2.36. The van der Waals surface area contributed by atoms with Crippen molar-refractivity contribution in [3.8, 4) is 0 Å². The lowest BCUT2D eigenvalue weighted by Gasteiger charge is -2.42. The fraction of sp³-hybridized carbons (Fsp3) is 1.00. The molecule has 0 aliphatic carbocycles. The van der Waals surface area contributed by atoms with Crippen LogP contribution in [0.4, 0.5) is 0 Å². The zero-order valence-corrected chi connectivity index (χ0v) is 10.2. The van der Waals surface area contributed by atoms with Crippen LogP contribution in [0.3, 0.4) is 0 Å². The van der Waals surface area contributed by atoms with Crippen molar-refractivity contribution in [2.45, 2.75) is 57.4 Å². The minimum atomic E-state index is 0.610. The molecule has 0 atom stereocenters. The number of piperidine rings is 1. The molecule has 0 bridgehead atoms. The highest BCUT2D eigenvalue weighted by Gasteiger charge is 2.40. The second-order valence-corrected chi connectivity index (χ2v) is 5.27. The van der Waals surface area contributed by atoms with Crippen LogP contribution in [-0.4, -0.2) is 36.6 Å². The van der Waals surface area contributed by atoms with Gasteiger partial charge in [0.25, 0.3) is 0 Å². The van der Waals surface area contributed by atoms with Gasteiger partial charge in [0, 0.05) is 5.54 Å². The van der Waals surface area contributed by atoms with Crippen LogP contribution in [0.15, 0.2) is 0 Å². The summed E-state index contributed by atoms with van der Waals surface area (Å²) in [5.41, 5.74) is 0.610. The van der Waals surface area contributed by atoms with Crippen molar-refractivity contribution in [1.29, 1.82) is 0 Å². The summed E-state index contributed by atoms with van der Waals surface area (Å²) in [5, 5.41) is 3.50. The first kappa shape index (κ1) is 11.4. The molecule has 2 heteroatoms. The predicted octanol–water partition coefficient (Wildman–Crippen LogP) is 2.39. The van der Waals surface area contributed by atoms with Crippen LogP contribution in [-0.2, 0) is 0 Å². The monoisotopic (exact) mass is 210 g/mol. The summed E-state index contributed by atoms with van der Waals surface area (Å²) in [4.78, 5) is 2.81. The van der Waals surface area contributed by atoms with Gasteiger partial charge in [-0.3, -0.25) is 4.90 Å².